The number of nitrogens with zero attached hydrogens (tertiary/aromatic N) is 2. The molecule has 1 aromatic carbocycles. The van der Waals surface area contributed by atoms with Crippen molar-refractivity contribution in [1.82, 2.24) is 0 Å². The molecule has 0 unspecified atom stereocenters. The molecule has 16 heavy (non-hydrogen) atoms. The number of nitrogens with two attached hydrogens (primary N) is 1. The molecule has 0 fully saturated rings. The van der Waals surface area contributed by atoms with E-state index in [1.165, 1.54) is 12.1 Å². The predicted molar refractivity (Wildman–Crippen MR) is 60.0 cm³/mol. The van der Waals surface area contributed by atoms with E-state index < -0.39 is 10.7 Å². The second-order valence-corrected chi connectivity index (χ2v) is 3.29. The number of rotatable bonds is 5. The van der Waals surface area contributed by atoms with Crippen LogP contribution < -0.4 is 10.6 Å². The summed E-state index contributed by atoms with van der Waals surface area (Å²) >= 11 is 0. The number of non-ortho nitro benzene ring substituents is 1. The number of nitro benzene ring substituents is 1. The Kier molecular flexibility index (Phi) is 4.19. The fraction of sp³-hybridized carbons (Fsp3) is 0.400. The van der Waals surface area contributed by atoms with Gasteiger partial charge < -0.3 is 10.6 Å². The molecule has 0 amide bonds. The summed E-state index contributed by atoms with van der Waals surface area (Å²) in [6.07, 6.45) is 0. The first-order valence-electron chi connectivity index (χ1n) is 4.98. The zero-order valence-corrected chi connectivity index (χ0v) is 9.02. The highest BCUT2D eigenvalue weighted by molar-refractivity contribution is 5.53. The van der Waals surface area contributed by atoms with Gasteiger partial charge in [-0.15, -0.1) is 0 Å². The molecule has 5 nitrogen and oxygen atoms in total. The van der Waals surface area contributed by atoms with Gasteiger partial charge in [0, 0.05) is 31.4 Å². The maximum absolute atomic E-state index is 13.2. The molecule has 88 valence electrons. The number of halogens is 1. The third-order valence-electron chi connectivity index (χ3n) is 2.22. The number of benzene rings is 1. The van der Waals surface area contributed by atoms with E-state index in [0.29, 0.717) is 25.3 Å². The van der Waals surface area contributed by atoms with Gasteiger partial charge in [-0.25, -0.2) is 4.39 Å². The summed E-state index contributed by atoms with van der Waals surface area (Å²) in [7, 11) is 0. The molecule has 0 saturated heterocycles. The first-order chi connectivity index (χ1) is 7.58. The van der Waals surface area contributed by atoms with Gasteiger partial charge in [0.25, 0.3) is 5.69 Å². The van der Waals surface area contributed by atoms with E-state index in [0.717, 1.165) is 6.07 Å². The fourth-order valence-electron chi connectivity index (χ4n) is 1.47. The highest BCUT2D eigenvalue weighted by Gasteiger charge is 2.12. The SMILES string of the molecule is CCN(CCN)c1cc(F)cc([N+](=O)[O-])c1. The van der Waals surface area contributed by atoms with Gasteiger partial charge in [0.2, 0.25) is 0 Å². The molecule has 0 aliphatic carbocycles. The minimum Gasteiger partial charge on any atom is -0.370 e. The third kappa shape index (κ3) is 2.90. The Balaban J connectivity index is 3.07. The van der Waals surface area contributed by atoms with Crippen molar-refractivity contribution >= 4 is 11.4 Å². The lowest BCUT2D eigenvalue weighted by Crippen LogP contribution is -2.29. The van der Waals surface area contributed by atoms with Crippen LogP contribution >= 0.6 is 0 Å². The molecule has 2 N–H and O–H groups in total. The Hall–Kier alpha value is -1.69. The van der Waals surface area contributed by atoms with Crippen LogP contribution in [-0.4, -0.2) is 24.6 Å². The second kappa shape index (κ2) is 5.41. The number of hydrogen-bond acceptors (Lipinski definition) is 4. The van der Waals surface area contributed by atoms with E-state index >= 15 is 0 Å². The van der Waals surface area contributed by atoms with Gasteiger partial charge in [0.05, 0.1) is 11.0 Å². The smallest absolute Gasteiger partial charge is 0.274 e. The van der Waals surface area contributed by atoms with Crippen LogP contribution in [-0.2, 0) is 0 Å². The summed E-state index contributed by atoms with van der Waals surface area (Å²) in [4.78, 5) is 11.7. The van der Waals surface area contributed by atoms with Crippen LogP contribution in [0.4, 0.5) is 15.8 Å². The van der Waals surface area contributed by atoms with Gasteiger partial charge in [0.15, 0.2) is 0 Å². The molecule has 6 heteroatoms. The topological polar surface area (TPSA) is 72.4 Å². The minimum absolute atomic E-state index is 0.245. The van der Waals surface area contributed by atoms with Crippen LogP contribution in [0.15, 0.2) is 18.2 Å². The standard InChI is InChI=1S/C10H14FN3O2/c1-2-13(4-3-12)9-5-8(11)6-10(7-9)14(15)16/h5-7H,2-4,12H2,1H3. The van der Waals surface area contributed by atoms with Crippen molar-refractivity contribution in [3.63, 3.8) is 0 Å². The Bertz CT molecular complexity index is 384. The molecule has 0 spiro atoms. The Labute approximate surface area is 92.8 Å². The minimum atomic E-state index is -0.611. The molecule has 0 atom stereocenters. The zero-order chi connectivity index (χ0) is 12.1. The lowest BCUT2D eigenvalue weighted by Gasteiger charge is -2.21. The highest BCUT2D eigenvalue weighted by Crippen LogP contribution is 2.22. The Morgan fingerprint density at radius 2 is 2.19 bits per heavy atom. The van der Waals surface area contributed by atoms with Gasteiger partial charge in [-0.1, -0.05) is 0 Å². The third-order valence-corrected chi connectivity index (χ3v) is 2.22. The average molecular weight is 227 g/mol. The van der Waals surface area contributed by atoms with Crippen molar-refractivity contribution in [2.75, 3.05) is 24.5 Å². The predicted octanol–water partition coefficient (Wildman–Crippen LogP) is 1.52. The molecule has 0 saturated carbocycles. The molecule has 0 radical (unpaired) electrons. The van der Waals surface area contributed by atoms with Gasteiger partial charge >= 0.3 is 0 Å². The lowest BCUT2D eigenvalue weighted by atomic mass is 10.2. The molecular weight excluding hydrogens is 213 g/mol. The maximum Gasteiger partial charge on any atom is 0.274 e. The summed E-state index contributed by atoms with van der Waals surface area (Å²) in [6, 6.07) is 3.52. The van der Waals surface area contributed by atoms with Crippen molar-refractivity contribution in [3.05, 3.63) is 34.1 Å². The van der Waals surface area contributed by atoms with E-state index in [1.807, 2.05) is 6.92 Å². The van der Waals surface area contributed by atoms with E-state index in [4.69, 9.17) is 5.73 Å². The van der Waals surface area contributed by atoms with Crippen LogP contribution in [0.1, 0.15) is 6.92 Å². The van der Waals surface area contributed by atoms with Crippen molar-refractivity contribution in [2.24, 2.45) is 5.73 Å². The number of likely N-dealkylation sites (N-methyl/N-ethyl adjacent to an activating group) is 1. The maximum atomic E-state index is 13.2. The lowest BCUT2D eigenvalue weighted by molar-refractivity contribution is -0.385. The van der Waals surface area contributed by atoms with Crippen molar-refractivity contribution in [3.8, 4) is 0 Å². The van der Waals surface area contributed by atoms with E-state index in [1.54, 1.807) is 4.90 Å². The number of nitro groups is 1. The quantitative estimate of drug-likeness (QED) is 0.611. The van der Waals surface area contributed by atoms with Gasteiger partial charge in [0.1, 0.15) is 5.82 Å². The van der Waals surface area contributed by atoms with Crippen LogP contribution in [0.2, 0.25) is 0 Å². The first-order valence-corrected chi connectivity index (χ1v) is 4.98. The zero-order valence-electron chi connectivity index (χ0n) is 9.02. The van der Waals surface area contributed by atoms with Crippen LogP contribution in [0.25, 0.3) is 0 Å². The normalized spacial score (nSPS) is 10.2. The van der Waals surface area contributed by atoms with Gasteiger partial charge in [-0.3, -0.25) is 10.1 Å². The van der Waals surface area contributed by atoms with E-state index in [9.17, 15) is 14.5 Å². The molecule has 0 aliphatic heterocycles. The van der Waals surface area contributed by atoms with Gasteiger partial charge in [-0.05, 0) is 13.0 Å². The Morgan fingerprint density at radius 3 is 2.69 bits per heavy atom. The van der Waals surface area contributed by atoms with Crippen molar-refractivity contribution in [1.29, 1.82) is 0 Å². The van der Waals surface area contributed by atoms with Crippen molar-refractivity contribution < 1.29 is 9.31 Å². The molecule has 1 aromatic rings. The Morgan fingerprint density at radius 1 is 1.50 bits per heavy atom. The molecule has 0 bridgehead atoms. The summed E-state index contributed by atoms with van der Waals surface area (Å²) in [5.74, 6) is -0.611. The van der Waals surface area contributed by atoms with Crippen LogP contribution in [0.5, 0.6) is 0 Å². The monoisotopic (exact) mass is 227 g/mol. The van der Waals surface area contributed by atoms with Gasteiger partial charge in [-0.2, -0.15) is 0 Å². The average Bonchev–Trinajstić information content (AvgIpc) is 2.24. The number of hydrogen-bond donors (Lipinski definition) is 1. The molecular formula is C10H14FN3O2. The molecule has 0 heterocycles. The van der Waals surface area contributed by atoms with Crippen LogP contribution in [0.3, 0.4) is 0 Å². The summed E-state index contributed by atoms with van der Waals surface area (Å²) in [5.41, 5.74) is 5.65. The largest absolute Gasteiger partial charge is 0.370 e. The van der Waals surface area contributed by atoms with Crippen LogP contribution in [0, 0.1) is 15.9 Å². The fourth-order valence-corrected chi connectivity index (χ4v) is 1.47. The number of anilines is 1. The summed E-state index contributed by atoms with van der Waals surface area (Å²) in [6.45, 7) is 3.46. The molecule has 0 aromatic heterocycles. The summed E-state index contributed by atoms with van der Waals surface area (Å²) in [5, 5.41) is 10.6. The molecule has 1 rings (SSSR count). The van der Waals surface area contributed by atoms with Crippen molar-refractivity contribution in [2.45, 2.75) is 6.92 Å². The van der Waals surface area contributed by atoms with E-state index in [-0.39, 0.29) is 5.69 Å². The molecule has 0 aliphatic rings. The second-order valence-electron chi connectivity index (χ2n) is 3.29. The summed E-state index contributed by atoms with van der Waals surface area (Å²) < 4.78 is 13.2. The van der Waals surface area contributed by atoms with E-state index in [2.05, 4.69) is 0 Å². The first kappa shape index (κ1) is 12.4. The highest BCUT2D eigenvalue weighted by atomic mass is 19.1.